The lowest BCUT2D eigenvalue weighted by Gasteiger charge is -2.29. The van der Waals surface area contributed by atoms with Crippen molar-refractivity contribution in [3.05, 3.63) is 59.2 Å². The van der Waals surface area contributed by atoms with Crippen molar-refractivity contribution in [1.82, 2.24) is 4.90 Å². The lowest BCUT2D eigenvalue weighted by Crippen LogP contribution is -2.33. The molecule has 0 aliphatic carbocycles. The van der Waals surface area contributed by atoms with Crippen LogP contribution in [0.3, 0.4) is 0 Å². The van der Waals surface area contributed by atoms with Crippen LogP contribution in [-0.2, 0) is 0 Å². The maximum Gasteiger partial charge on any atom is 0.130 e. The Morgan fingerprint density at radius 1 is 1.00 bits per heavy atom. The van der Waals surface area contributed by atoms with Crippen molar-refractivity contribution in [3.8, 4) is 11.5 Å². The number of benzene rings is 2. The van der Waals surface area contributed by atoms with Crippen LogP contribution in [0.4, 0.5) is 0 Å². The van der Waals surface area contributed by atoms with E-state index in [4.69, 9.17) is 10.5 Å². The summed E-state index contributed by atoms with van der Waals surface area (Å²) in [6.45, 7) is 11.1. The SMILES string of the molecule is CCN(CC)C(CN)c1ccc(Oc2ccc(C)cc2C)cc1. The van der Waals surface area contributed by atoms with Crippen LogP contribution in [0.25, 0.3) is 0 Å². The molecule has 0 saturated carbocycles. The summed E-state index contributed by atoms with van der Waals surface area (Å²) < 4.78 is 6.00. The highest BCUT2D eigenvalue weighted by molar-refractivity contribution is 5.40. The zero-order valence-electron chi connectivity index (χ0n) is 14.7. The van der Waals surface area contributed by atoms with Crippen molar-refractivity contribution in [2.45, 2.75) is 33.7 Å². The molecule has 0 radical (unpaired) electrons. The molecule has 2 aromatic carbocycles. The predicted molar refractivity (Wildman–Crippen MR) is 97.1 cm³/mol. The smallest absolute Gasteiger partial charge is 0.130 e. The van der Waals surface area contributed by atoms with Crippen molar-refractivity contribution in [2.75, 3.05) is 19.6 Å². The van der Waals surface area contributed by atoms with Gasteiger partial charge >= 0.3 is 0 Å². The van der Waals surface area contributed by atoms with E-state index in [1.165, 1.54) is 11.1 Å². The summed E-state index contributed by atoms with van der Waals surface area (Å²) in [6.07, 6.45) is 0. The minimum absolute atomic E-state index is 0.264. The van der Waals surface area contributed by atoms with Gasteiger partial charge in [-0.25, -0.2) is 0 Å². The van der Waals surface area contributed by atoms with Crippen LogP contribution in [0, 0.1) is 13.8 Å². The highest BCUT2D eigenvalue weighted by Crippen LogP contribution is 2.28. The summed E-state index contributed by atoms with van der Waals surface area (Å²) in [5.74, 6) is 1.76. The molecule has 0 aliphatic rings. The lowest BCUT2D eigenvalue weighted by atomic mass is 10.1. The first-order chi connectivity index (χ1) is 11.1. The molecule has 124 valence electrons. The lowest BCUT2D eigenvalue weighted by molar-refractivity contribution is 0.224. The first-order valence-electron chi connectivity index (χ1n) is 8.38. The summed E-state index contributed by atoms with van der Waals surface area (Å²) in [5.41, 5.74) is 9.62. The molecule has 0 bridgehead atoms. The van der Waals surface area contributed by atoms with E-state index < -0.39 is 0 Å². The van der Waals surface area contributed by atoms with Crippen LogP contribution in [0.5, 0.6) is 11.5 Å². The van der Waals surface area contributed by atoms with Gasteiger partial charge in [0.15, 0.2) is 0 Å². The summed E-state index contributed by atoms with van der Waals surface area (Å²) in [7, 11) is 0. The third kappa shape index (κ3) is 4.34. The van der Waals surface area contributed by atoms with Crippen LogP contribution in [0.2, 0.25) is 0 Å². The number of hydrogen-bond acceptors (Lipinski definition) is 3. The quantitative estimate of drug-likeness (QED) is 0.821. The van der Waals surface area contributed by atoms with Gasteiger partial charge in [0.1, 0.15) is 11.5 Å². The minimum atomic E-state index is 0.264. The van der Waals surface area contributed by atoms with Crippen molar-refractivity contribution in [3.63, 3.8) is 0 Å². The molecule has 2 aromatic rings. The summed E-state index contributed by atoms with van der Waals surface area (Å²) in [5, 5.41) is 0. The normalized spacial score (nSPS) is 12.4. The van der Waals surface area contributed by atoms with Gasteiger partial charge in [-0.2, -0.15) is 0 Å². The van der Waals surface area contributed by atoms with E-state index in [1.807, 2.05) is 18.2 Å². The summed E-state index contributed by atoms with van der Waals surface area (Å²) >= 11 is 0. The van der Waals surface area contributed by atoms with Gasteiger partial charge in [-0.15, -0.1) is 0 Å². The monoisotopic (exact) mass is 312 g/mol. The predicted octanol–water partition coefficient (Wildman–Crippen LogP) is 4.44. The van der Waals surface area contributed by atoms with E-state index in [2.05, 4.69) is 56.9 Å². The fourth-order valence-electron chi connectivity index (χ4n) is 2.96. The zero-order valence-corrected chi connectivity index (χ0v) is 14.7. The molecule has 0 fully saturated rings. The average molecular weight is 312 g/mol. The Balaban J connectivity index is 2.15. The number of ether oxygens (including phenoxy) is 1. The fourth-order valence-corrected chi connectivity index (χ4v) is 2.96. The summed E-state index contributed by atoms with van der Waals surface area (Å²) in [6, 6.07) is 14.8. The molecular weight excluding hydrogens is 284 g/mol. The van der Waals surface area contributed by atoms with E-state index >= 15 is 0 Å². The molecular formula is C20H28N2O. The summed E-state index contributed by atoms with van der Waals surface area (Å²) in [4.78, 5) is 2.37. The fraction of sp³-hybridized carbons (Fsp3) is 0.400. The molecule has 0 aliphatic heterocycles. The van der Waals surface area contributed by atoms with Crippen LogP contribution in [0.1, 0.15) is 36.6 Å². The van der Waals surface area contributed by atoms with Gasteiger partial charge in [0.25, 0.3) is 0 Å². The molecule has 23 heavy (non-hydrogen) atoms. The van der Waals surface area contributed by atoms with Crippen LogP contribution in [0.15, 0.2) is 42.5 Å². The van der Waals surface area contributed by atoms with Crippen molar-refractivity contribution >= 4 is 0 Å². The average Bonchev–Trinajstić information content (AvgIpc) is 2.56. The Labute approximate surface area is 140 Å². The van der Waals surface area contributed by atoms with Gasteiger partial charge < -0.3 is 10.5 Å². The minimum Gasteiger partial charge on any atom is -0.457 e. The highest BCUT2D eigenvalue weighted by atomic mass is 16.5. The van der Waals surface area contributed by atoms with Gasteiger partial charge in [0.05, 0.1) is 0 Å². The molecule has 0 saturated heterocycles. The van der Waals surface area contributed by atoms with Gasteiger partial charge in [-0.05, 0) is 56.3 Å². The van der Waals surface area contributed by atoms with Gasteiger partial charge in [0, 0.05) is 12.6 Å². The first kappa shape index (κ1) is 17.5. The topological polar surface area (TPSA) is 38.5 Å². The van der Waals surface area contributed by atoms with E-state index in [1.54, 1.807) is 0 Å². The van der Waals surface area contributed by atoms with Crippen LogP contribution < -0.4 is 10.5 Å². The largest absolute Gasteiger partial charge is 0.457 e. The number of aryl methyl sites for hydroxylation is 2. The zero-order chi connectivity index (χ0) is 16.8. The van der Waals surface area contributed by atoms with E-state index in [0.29, 0.717) is 6.54 Å². The Morgan fingerprint density at radius 3 is 2.17 bits per heavy atom. The third-order valence-electron chi connectivity index (χ3n) is 4.30. The standard InChI is InChI=1S/C20H28N2O/c1-5-22(6-2)19(14-21)17-8-10-18(11-9-17)23-20-12-7-15(3)13-16(20)4/h7-13,19H,5-6,14,21H2,1-4H3. The van der Waals surface area contributed by atoms with Crippen molar-refractivity contribution in [1.29, 1.82) is 0 Å². The van der Waals surface area contributed by atoms with Crippen LogP contribution >= 0.6 is 0 Å². The highest BCUT2D eigenvalue weighted by Gasteiger charge is 2.16. The Morgan fingerprint density at radius 2 is 1.65 bits per heavy atom. The molecule has 3 heteroatoms. The molecule has 2 rings (SSSR count). The Kier molecular flexibility index (Phi) is 6.20. The number of hydrogen-bond donors (Lipinski definition) is 1. The second-order valence-electron chi connectivity index (χ2n) is 5.91. The van der Waals surface area contributed by atoms with Crippen molar-refractivity contribution in [2.24, 2.45) is 5.73 Å². The van der Waals surface area contributed by atoms with Gasteiger partial charge in [-0.3, -0.25) is 4.90 Å². The number of likely N-dealkylation sites (N-methyl/N-ethyl adjacent to an activating group) is 1. The van der Waals surface area contributed by atoms with Gasteiger partial charge in [-0.1, -0.05) is 43.7 Å². The molecule has 2 N–H and O–H groups in total. The second-order valence-corrected chi connectivity index (χ2v) is 5.91. The molecule has 3 nitrogen and oxygen atoms in total. The molecule has 0 aromatic heterocycles. The van der Waals surface area contributed by atoms with E-state index in [9.17, 15) is 0 Å². The molecule has 1 atom stereocenters. The number of nitrogens with zero attached hydrogens (tertiary/aromatic N) is 1. The first-order valence-corrected chi connectivity index (χ1v) is 8.38. The van der Waals surface area contributed by atoms with Crippen LogP contribution in [-0.4, -0.2) is 24.5 Å². The second kappa shape index (κ2) is 8.14. The Hall–Kier alpha value is -1.84. The Bertz CT molecular complexity index is 618. The van der Waals surface area contributed by atoms with Crippen molar-refractivity contribution < 1.29 is 4.74 Å². The molecule has 0 spiro atoms. The third-order valence-corrected chi connectivity index (χ3v) is 4.30. The van der Waals surface area contributed by atoms with E-state index in [0.717, 1.165) is 30.2 Å². The molecule has 1 unspecified atom stereocenters. The van der Waals surface area contributed by atoms with E-state index in [-0.39, 0.29) is 6.04 Å². The maximum absolute atomic E-state index is 6.00. The molecule has 0 amide bonds. The number of rotatable bonds is 7. The van der Waals surface area contributed by atoms with Gasteiger partial charge in [0.2, 0.25) is 0 Å². The molecule has 0 heterocycles. The number of nitrogens with two attached hydrogens (primary N) is 1. The maximum atomic E-state index is 6.00.